The van der Waals surface area contributed by atoms with Gasteiger partial charge in [-0.2, -0.15) is 0 Å². The van der Waals surface area contributed by atoms with Gasteiger partial charge >= 0.3 is 5.97 Å². The molecule has 1 rings (SSSR count). The highest BCUT2D eigenvalue weighted by Gasteiger charge is 2.26. The molecule has 20 heavy (non-hydrogen) atoms. The van der Waals surface area contributed by atoms with Gasteiger partial charge in [0.1, 0.15) is 0 Å². The summed E-state index contributed by atoms with van der Waals surface area (Å²) in [6.45, 7) is 5.20. The Labute approximate surface area is 119 Å². The van der Waals surface area contributed by atoms with Crippen LogP contribution in [0.15, 0.2) is 17.0 Å². The van der Waals surface area contributed by atoms with Crippen LogP contribution in [-0.4, -0.2) is 20.5 Å². The summed E-state index contributed by atoms with van der Waals surface area (Å²) in [4.78, 5) is 11.2. The van der Waals surface area contributed by atoms with Crippen molar-refractivity contribution < 1.29 is 22.9 Å². The lowest BCUT2D eigenvalue weighted by molar-refractivity contribution is 0.0694. The Balaban J connectivity index is 3.61. The number of halogens is 2. The zero-order chi connectivity index (χ0) is 15.4. The van der Waals surface area contributed by atoms with Crippen molar-refractivity contribution in [3.05, 3.63) is 28.8 Å². The molecule has 0 aromatic heterocycles. The Hall–Kier alpha value is -1.30. The molecule has 112 valence electrons. The first-order valence-electron chi connectivity index (χ1n) is 6.42. The Morgan fingerprint density at radius 3 is 2.35 bits per heavy atom. The monoisotopic (exact) mass is 304 g/mol. The number of alkyl halides is 2. The second-order valence-corrected chi connectivity index (χ2v) is 6.29. The fraction of sp³-hybridized carbons (Fsp3) is 0.500. The van der Waals surface area contributed by atoms with E-state index in [0.717, 1.165) is 6.07 Å². The Bertz CT molecular complexity index is 529. The van der Waals surface area contributed by atoms with E-state index in [0.29, 0.717) is 6.42 Å². The number of carbonyl (C=O) groups is 1. The number of benzene rings is 1. The second kappa shape index (κ2) is 6.92. The molecular weight excluding hydrogens is 286 g/mol. The SMILES string of the molecule is CCc1c(C(=O)O)ccc(C(F)F)c1[S@@](=O)[C@H](C)CC. The molecule has 0 radical (unpaired) electrons. The largest absolute Gasteiger partial charge is 0.478 e. The molecule has 0 saturated carbocycles. The van der Waals surface area contributed by atoms with Crippen LogP contribution >= 0.6 is 0 Å². The zero-order valence-corrected chi connectivity index (χ0v) is 12.5. The highest BCUT2D eigenvalue weighted by molar-refractivity contribution is 7.85. The fourth-order valence-corrected chi connectivity index (χ4v) is 3.55. The maximum Gasteiger partial charge on any atom is 0.336 e. The molecule has 0 saturated heterocycles. The molecule has 0 amide bonds. The summed E-state index contributed by atoms with van der Waals surface area (Å²) in [6, 6.07) is 2.24. The van der Waals surface area contributed by atoms with Crippen LogP contribution < -0.4 is 0 Å². The minimum atomic E-state index is -2.77. The van der Waals surface area contributed by atoms with Crippen LogP contribution in [-0.2, 0) is 17.2 Å². The van der Waals surface area contributed by atoms with Crippen molar-refractivity contribution in [2.45, 2.75) is 50.2 Å². The molecule has 0 bridgehead atoms. The Morgan fingerprint density at radius 2 is 1.95 bits per heavy atom. The lowest BCUT2D eigenvalue weighted by atomic mass is 10.0. The molecule has 0 unspecified atom stereocenters. The molecule has 1 N–H and O–H groups in total. The second-order valence-electron chi connectivity index (χ2n) is 4.49. The summed E-state index contributed by atoms with van der Waals surface area (Å²) in [7, 11) is -1.64. The quantitative estimate of drug-likeness (QED) is 0.870. The van der Waals surface area contributed by atoms with Gasteiger partial charge < -0.3 is 5.11 Å². The van der Waals surface area contributed by atoms with E-state index in [1.54, 1.807) is 13.8 Å². The van der Waals surface area contributed by atoms with Crippen molar-refractivity contribution in [2.75, 3.05) is 0 Å². The van der Waals surface area contributed by atoms with Gasteiger partial charge in [0.25, 0.3) is 6.43 Å². The molecule has 1 aromatic rings. The van der Waals surface area contributed by atoms with Gasteiger partial charge in [0.05, 0.1) is 21.3 Å². The number of rotatable bonds is 6. The zero-order valence-electron chi connectivity index (χ0n) is 11.7. The van der Waals surface area contributed by atoms with Gasteiger partial charge in [-0.1, -0.05) is 26.8 Å². The number of aromatic carboxylic acids is 1. The lowest BCUT2D eigenvalue weighted by Gasteiger charge is -2.18. The van der Waals surface area contributed by atoms with E-state index < -0.39 is 23.2 Å². The van der Waals surface area contributed by atoms with Crippen LogP contribution in [0, 0.1) is 0 Å². The average Bonchev–Trinajstić information content (AvgIpc) is 2.43. The molecule has 0 fully saturated rings. The van der Waals surface area contributed by atoms with Gasteiger partial charge in [0.15, 0.2) is 0 Å². The van der Waals surface area contributed by atoms with Gasteiger partial charge in [0.2, 0.25) is 0 Å². The van der Waals surface area contributed by atoms with E-state index in [2.05, 4.69) is 0 Å². The van der Waals surface area contributed by atoms with E-state index >= 15 is 0 Å². The van der Waals surface area contributed by atoms with Gasteiger partial charge in [-0.25, -0.2) is 13.6 Å². The molecular formula is C14H18F2O3S. The predicted molar refractivity (Wildman–Crippen MR) is 73.9 cm³/mol. The van der Waals surface area contributed by atoms with Gasteiger partial charge in [-0.05, 0) is 24.5 Å². The van der Waals surface area contributed by atoms with Crippen molar-refractivity contribution in [3.63, 3.8) is 0 Å². The minimum absolute atomic E-state index is 0.00301. The van der Waals surface area contributed by atoms with Crippen molar-refractivity contribution >= 4 is 16.8 Å². The first-order chi connectivity index (χ1) is 9.34. The molecule has 1 aromatic carbocycles. The van der Waals surface area contributed by atoms with Crippen LogP contribution in [0.1, 0.15) is 55.1 Å². The maximum absolute atomic E-state index is 13.1. The molecule has 0 heterocycles. The third-order valence-electron chi connectivity index (χ3n) is 3.25. The lowest BCUT2D eigenvalue weighted by Crippen LogP contribution is -2.16. The topological polar surface area (TPSA) is 54.4 Å². The highest BCUT2D eigenvalue weighted by Crippen LogP contribution is 2.32. The number of hydrogen-bond acceptors (Lipinski definition) is 2. The summed E-state index contributed by atoms with van der Waals surface area (Å²) >= 11 is 0. The van der Waals surface area contributed by atoms with Gasteiger partial charge in [0, 0.05) is 10.8 Å². The van der Waals surface area contributed by atoms with E-state index in [-0.39, 0.29) is 33.3 Å². The minimum Gasteiger partial charge on any atom is -0.478 e. The predicted octanol–water partition coefficient (Wildman–Crippen LogP) is 3.79. The Kier molecular flexibility index (Phi) is 5.80. The van der Waals surface area contributed by atoms with E-state index in [4.69, 9.17) is 5.11 Å². The average molecular weight is 304 g/mol. The van der Waals surface area contributed by atoms with Crippen molar-refractivity contribution in [1.29, 1.82) is 0 Å². The smallest absolute Gasteiger partial charge is 0.336 e. The molecule has 2 atom stereocenters. The molecule has 0 aliphatic rings. The Morgan fingerprint density at radius 1 is 1.35 bits per heavy atom. The first-order valence-corrected chi connectivity index (χ1v) is 7.64. The molecule has 0 aliphatic carbocycles. The van der Waals surface area contributed by atoms with E-state index in [9.17, 15) is 17.8 Å². The summed E-state index contributed by atoms with van der Waals surface area (Å²) in [5.74, 6) is -1.19. The summed E-state index contributed by atoms with van der Waals surface area (Å²) in [5.41, 5.74) is -0.136. The summed E-state index contributed by atoms with van der Waals surface area (Å²) in [6.07, 6.45) is -1.96. The van der Waals surface area contributed by atoms with Crippen molar-refractivity contribution in [2.24, 2.45) is 0 Å². The molecule has 6 heteroatoms. The fourth-order valence-electron chi connectivity index (χ4n) is 1.96. The third kappa shape index (κ3) is 3.23. The summed E-state index contributed by atoms with van der Waals surface area (Å²) < 4.78 is 38.7. The molecule has 3 nitrogen and oxygen atoms in total. The van der Waals surface area contributed by atoms with Crippen LogP contribution in [0.5, 0.6) is 0 Å². The number of carboxylic acids is 1. The van der Waals surface area contributed by atoms with Crippen LogP contribution in [0.4, 0.5) is 8.78 Å². The third-order valence-corrected chi connectivity index (χ3v) is 5.20. The number of hydrogen-bond donors (Lipinski definition) is 1. The highest BCUT2D eigenvalue weighted by atomic mass is 32.2. The van der Waals surface area contributed by atoms with Crippen molar-refractivity contribution in [3.8, 4) is 0 Å². The van der Waals surface area contributed by atoms with Crippen LogP contribution in [0.2, 0.25) is 0 Å². The molecule has 0 spiro atoms. The van der Waals surface area contributed by atoms with E-state index in [1.807, 2.05) is 6.92 Å². The van der Waals surface area contributed by atoms with Crippen molar-refractivity contribution in [1.82, 2.24) is 0 Å². The summed E-state index contributed by atoms with van der Waals surface area (Å²) in [5, 5.41) is 8.84. The van der Waals surface area contributed by atoms with Gasteiger partial charge in [-0.15, -0.1) is 0 Å². The van der Waals surface area contributed by atoms with Gasteiger partial charge in [-0.3, -0.25) is 4.21 Å². The first kappa shape index (κ1) is 16.8. The van der Waals surface area contributed by atoms with E-state index in [1.165, 1.54) is 6.07 Å². The van der Waals surface area contributed by atoms with Crippen LogP contribution in [0.3, 0.4) is 0 Å². The van der Waals surface area contributed by atoms with Crippen LogP contribution in [0.25, 0.3) is 0 Å². The molecule has 0 aliphatic heterocycles. The normalized spacial score (nSPS) is 14.3. The number of carboxylic acid groups (broad SMARTS) is 1. The standard InChI is InChI=1S/C14H18F2O3S/c1-4-8(3)20(19)12-9(5-2)10(14(17)18)6-7-11(12)13(15)16/h6-8,13H,4-5H2,1-3H3,(H,17,18)/t8-,20+/m1/s1. The maximum atomic E-state index is 13.1.